The minimum Gasteiger partial charge on any atom is -0.481 e. The number of benzene rings is 2. The molecule has 7 heteroatoms. The van der Waals surface area contributed by atoms with E-state index in [2.05, 4.69) is 0 Å². The first kappa shape index (κ1) is 26.5. The van der Waals surface area contributed by atoms with Crippen molar-refractivity contribution in [2.24, 2.45) is 5.41 Å². The fourth-order valence-corrected chi connectivity index (χ4v) is 4.78. The fourth-order valence-electron chi connectivity index (χ4n) is 4.78. The molecule has 37 heavy (non-hydrogen) atoms. The molecule has 1 aromatic heterocycles. The summed E-state index contributed by atoms with van der Waals surface area (Å²) in [6, 6.07) is 15.3. The van der Waals surface area contributed by atoms with E-state index < -0.39 is 17.6 Å². The largest absolute Gasteiger partial charge is 0.481 e. The molecule has 0 fully saturated rings. The van der Waals surface area contributed by atoms with E-state index in [1.807, 2.05) is 62.9 Å². The van der Waals surface area contributed by atoms with Gasteiger partial charge in [0, 0.05) is 19.0 Å². The van der Waals surface area contributed by atoms with E-state index in [0.717, 1.165) is 11.1 Å². The van der Waals surface area contributed by atoms with Crippen molar-refractivity contribution in [3.8, 4) is 5.75 Å². The van der Waals surface area contributed by atoms with Gasteiger partial charge in [-0.15, -0.1) is 0 Å². The maximum atomic E-state index is 14.3. The van der Waals surface area contributed by atoms with E-state index in [1.165, 1.54) is 12.1 Å². The van der Waals surface area contributed by atoms with Gasteiger partial charge in [-0.05, 0) is 65.9 Å². The zero-order chi connectivity index (χ0) is 26.7. The predicted octanol–water partition coefficient (Wildman–Crippen LogP) is 5.75. The molecule has 2 aromatic carbocycles. The molecule has 6 nitrogen and oxygen atoms in total. The van der Waals surface area contributed by atoms with Crippen molar-refractivity contribution in [2.75, 3.05) is 13.6 Å². The lowest BCUT2D eigenvalue weighted by atomic mass is 9.85. The van der Waals surface area contributed by atoms with E-state index >= 15 is 0 Å². The summed E-state index contributed by atoms with van der Waals surface area (Å²) in [6.45, 7) is 8.47. The van der Waals surface area contributed by atoms with Crippen LogP contribution in [0.5, 0.6) is 5.75 Å². The third-order valence-electron chi connectivity index (χ3n) is 6.69. The van der Waals surface area contributed by atoms with Crippen molar-refractivity contribution >= 4 is 11.8 Å². The molecule has 0 aliphatic carbocycles. The van der Waals surface area contributed by atoms with Crippen LogP contribution in [-0.2, 0) is 22.6 Å². The first-order valence-electron chi connectivity index (χ1n) is 12.7. The van der Waals surface area contributed by atoms with Gasteiger partial charge in [0.15, 0.2) is 6.10 Å². The summed E-state index contributed by atoms with van der Waals surface area (Å²) in [5, 5.41) is 0. The third kappa shape index (κ3) is 5.87. The lowest BCUT2D eigenvalue weighted by molar-refractivity contribution is -0.141. The highest BCUT2D eigenvalue weighted by atomic mass is 19.1. The highest BCUT2D eigenvalue weighted by Crippen LogP contribution is 2.39. The molecule has 2 amide bonds. The molecule has 0 spiro atoms. The van der Waals surface area contributed by atoms with Crippen molar-refractivity contribution in [3.05, 3.63) is 89.1 Å². The number of hydrogen-bond donors (Lipinski definition) is 0. The van der Waals surface area contributed by atoms with Crippen LogP contribution >= 0.6 is 0 Å². The van der Waals surface area contributed by atoms with Gasteiger partial charge in [-0.25, -0.2) is 4.39 Å². The first-order valence-corrected chi connectivity index (χ1v) is 12.7. The number of fused-ring (bicyclic) bond motifs is 1. The Kier molecular flexibility index (Phi) is 7.71. The minimum absolute atomic E-state index is 0.0000962. The molecule has 1 aliphatic heterocycles. The van der Waals surface area contributed by atoms with Crippen LogP contribution in [0.15, 0.2) is 65.3 Å². The normalized spacial score (nSPS) is 16.2. The summed E-state index contributed by atoms with van der Waals surface area (Å²) < 4.78 is 25.9. The predicted molar refractivity (Wildman–Crippen MR) is 139 cm³/mol. The second-order valence-electron chi connectivity index (χ2n) is 10.6. The van der Waals surface area contributed by atoms with E-state index in [4.69, 9.17) is 9.15 Å². The Labute approximate surface area is 218 Å². The van der Waals surface area contributed by atoms with Gasteiger partial charge in [0.25, 0.3) is 5.91 Å². The molecule has 0 bridgehead atoms. The zero-order valence-corrected chi connectivity index (χ0v) is 22.2. The SMILES string of the molecule is CCC(Oc1ccc2c(c1)C(c1cccc(F)c1)N(C(=O)C(C)(C)C)CC2)C(=O)N(C)Cc1ccco1. The number of furan rings is 1. The van der Waals surface area contributed by atoms with Crippen LogP contribution in [0.1, 0.15) is 62.6 Å². The van der Waals surface area contributed by atoms with Crippen molar-refractivity contribution in [2.45, 2.75) is 59.2 Å². The number of carbonyl (C=O) groups excluding carboxylic acids is 2. The average molecular weight is 507 g/mol. The summed E-state index contributed by atoms with van der Waals surface area (Å²) in [6.07, 6.45) is 2.07. The number of carbonyl (C=O) groups is 2. The van der Waals surface area contributed by atoms with E-state index in [-0.39, 0.29) is 17.6 Å². The first-order chi connectivity index (χ1) is 17.6. The van der Waals surface area contributed by atoms with Crippen LogP contribution < -0.4 is 4.74 Å². The summed E-state index contributed by atoms with van der Waals surface area (Å²) >= 11 is 0. The van der Waals surface area contributed by atoms with Gasteiger partial charge in [0.2, 0.25) is 5.91 Å². The van der Waals surface area contributed by atoms with E-state index in [1.54, 1.807) is 30.3 Å². The van der Waals surface area contributed by atoms with Crippen LogP contribution in [0.25, 0.3) is 0 Å². The lowest BCUT2D eigenvalue weighted by Crippen LogP contribution is -2.45. The van der Waals surface area contributed by atoms with E-state index in [0.29, 0.717) is 43.0 Å². The molecule has 0 saturated carbocycles. The number of halogens is 1. The smallest absolute Gasteiger partial charge is 0.263 e. The van der Waals surface area contributed by atoms with Gasteiger partial charge in [-0.1, -0.05) is 45.9 Å². The number of ether oxygens (including phenoxy) is 1. The zero-order valence-electron chi connectivity index (χ0n) is 22.2. The summed E-state index contributed by atoms with van der Waals surface area (Å²) in [7, 11) is 1.72. The number of likely N-dealkylation sites (N-methyl/N-ethyl adjacent to an activating group) is 1. The second kappa shape index (κ2) is 10.8. The molecular weight excluding hydrogens is 471 g/mol. The Hall–Kier alpha value is -3.61. The molecule has 0 N–H and O–H groups in total. The highest BCUT2D eigenvalue weighted by Gasteiger charge is 2.37. The molecular formula is C30H35FN2O4. The van der Waals surface area contributed by atoms with Crippen LogP contribution in [0.2, 0.25) is 0 Å². The Bertz CT molecular complexity index is 1250. The summed E-state index contributed by atoms with van der Waals surface area (Å²) in [5.41, 5.74) is 2.08. The van der Waals surface area contributed by atoms with Crippen molar-refractivity contribution in [3.63, 3.8) is 0 Å². The van der Waals surface area contributed by atoms with Gasteiger partial charge >= 0.3 is 0 Å². The molecule has 0 radical (unpaired) electrons. The Balaban J connectivity index is 1.65. The second-order valence-corrected chi connectivity index (χ2v) is 10.6. The van der Waals surface area contributed by atoms with Crippen molar-refractivity contribution in [1.29, 1.82) is 0 Å². The quantitative estimate of drug-likeness (QED) is 0.409. The molecule has 2 atom stereocenters. The maximum absolute atomic E-state index is 14.3. The summed E-state index contributed by atoms with van der Waals surface area (Å²) in [4.78, 5) is 30.0. The van der Waals surface area contributed by atoms with Crippen molar-refractivity contribution in [1.82, 2.24) is 9.80 Å². The van der Waals surface area contributed by atoms with Gasteiger partial charge < -0.3 is 19.0 Å². The van der Waals surface area contributed by atoms with E-state index in [9.17, 15) is 14.0 Å². The Morgan fingerprint density at radius 3 is 2.59 bits per heavy atom. The van der Waals surface area contributed by atoms with Gasteiger partial charge in [0.1, 0.15) is 17.3 Å². The molecule has 4 rings (SSSR count). The van der Waals surface area contributed by atoms with Gasteiger partial charge in [-0.2, -0.15) is 0 Å². The van der Waals surface area contributed by atoms with Crippen LogP contribution in [-0.4, -0.2) is 41.3 Å². The Morgan fingerprint density at radius 2 is 1.95 bits per heavy atom. The van der Waals surface area contributed by atoms with Gasteiger partial charge in [-0.3, -0.25) is 9.59 Å². The van der Waals surface area contributed by atoms with Crippen LogP contribution in [0, 0.1) is 11.2 Å². The molecule has 2 heterocycles. The molecule has 196 valence electrons. The minimum atomic E-state index is -0.679. The van der Waals surface area contributed by atoms with Crippen molar-refractivity contribution < 1.29 is 23.1 Å². The number of amides is 2. The standard InChI is InChI=1S/C30H35FN2O4/c1-6-26(28(34)32(5)19-24-11-8-16-36-24)37-23-13-12-20-14-15-33(29(35)30(2,3)4)27(25(20)18-23)21-9-7-10-22(31)17-21/h7-13,16-18,26-27H,6,14-15,19H2,1-5H3. The molecule has 2 unspecified atom stereocenters. The maximum Gasteiger partial charge on any atom is 0.263 e. The van der Waals surface area contributed by atoms with Gasteiger partial charge in [0.05, 0.1) is 18.8 Å². The molecule has 0 saturated heterocycles. The average Bonchev–Trinajstić information content (AvgIpc) is 3.38. The van der Waals surface area contributed by atoms with Crippen LogP contribution in [0.4, 0.5) is 4.39 Å². The Morgan fingerprint density at radius 1 is 1.16 bits per heavy atom. The number of hydrogen-bond acceptors (Lipinski definition) is 4. The number of nitrogens with zero attached hydrogens (tertiary/aromatic N) is 2. The molecule has 3 aromatic rings. The van der Waals surface area contributed by atoms with Crippen LogP contribution in [0.3, 0.4) is 0 Å². The monoisotopic (exact) mass is 506 g/mol. The highest BCUT2D eigenvalue weighted by molar-refractivity contribution is 5.83. The molecule has 1 aliphatic rings. The lowest BCUT2D eigenvalue weighted by Gasteiger charge is -2.41. The third-order valence-corrected chi connectivity index (χ3v) is 6.69. The number of rotatable bonds is 7. The summed E-state index contributed by atoms with van der Waals surface area (Å²) in [5.74, 6) is 0.733. The fraction of sp³-hybridized carbons (Fsp3) is 0.400. The topological polar surface area (TPSA) is 63.0 Å².